The summed E-state index contributed by atoms with van der Waals surface area (Å²) < 4.78 is 0. The standard InChI is InChI=1S/C19H22N6/c1-2-17(6-16-10-21-9-15(1)16)23-18-3-4-22-19(24-18)25-11-13-5-14(12-25)8-20-7-13/h1-4,6,10,13-14,20H,5,7-9,11-12H2,(H,22,23,24). The zero-order valence-electron chi connectivity index (χ0n) is 14.2. The normalized spacial score (nSPS) is 24.2. The van der Waals surface area contributed by atoms with E-state index >= 15 is 0 Å². The van der Waals surface area contributed by atoms with Crippen LogP contribution >= 0.6 is 0 Å². The Balaban J connectivity index is 1.35. The molecule has 5 rings (SSSR count). The van der Waals surface area contributed by atoms with Crippen LogP contribution in [0.5, 0.6) is 0 Å². The highest BCUT2D eigenvalue weighted by Crippen LogP contribution is 2.28. The number of aliphatic imine (C=N–C) groups is 1. The second-order valence-corrected chi connectivity index (χ2v) is 7.28. The van der Waals surface area contributed by atoms with Crippen LogP contribution in [-0.4, -0.2) is 42.4 Å². The monoisotopic (exact) mass is 334 g/mol. The fourth-order valence-electron chi connectivity index (χ4n) is 4.17. The van der Waals surface area contributed by atoms with Gasteiger partial charge < -0.3 is 15.5 Å². The van der Waals surface area contributed by atoms with Crippen molar-refractivity contribution >= 4 is 23.7 Å². The van der Waals surface area contributed by atoms with Gasteiger partial charge in [-0.05, 0) is 60.7 Å². The van der Waals surface area contributed by atoms with Crippen molar-refractivity contribution in [1.82, 2.24) is 15.3 Å². The molecule has 2 aromatic rings. The molecule has 3 aliphatic heterocycles. The van der Waals surface area contributed by atoms with E-state index in [4.69, 9.17) is 4.98 Å². The Morgan fingerprint density at radius 1 is 1.12 bits per heavy atom. The summed E-state index contributed by atoms with van der Waals surface area (Å²) in [6.07, 6.45) is 5.12. The van der Waals surface area contributed by atoms with Crippen molar-refractivity contribution in [2.75, 3.05) is 36.4 Å². The number of hydrogen-bond donors (Lipinski definition) is 2. The average Bonchev–Trinajstić information content (AvgIpc) is 3.09. The first-order chi connectivity index (χ1) is 12.3. The second kappa shape index (κ2) is 6.11. The Kier molecular flexibility index (Phi) is 3.63. The van der Waals surface area contributed by atoms with Gasteiger partial charge in [-0.3, -0.25) is 4.99 Å². The number of hydrogen-bond acceptors (Lipinski definition) is 6. The zero-order valence-corrected chi connectivity index (χ0v) is 14.2. The summed E-state index contributed by atoms with van der Waals surface area (Å²) in [6.45, 7) is 5.10. The van der Waals surface area contributed by atoms with Crippen LogP contribution in [0.1, 0.15) is 17.5 Å². The van der Waals surface area contributed by atoms with Gasteiger partial charge in [0.05, 0.1) is 6.54 Å². The minimum Gasteiger partial charge on any atom is -0.340 e. The molecule has 2 fully saturated rings. The van der Waals surface area contributed by atoms with Crippen molar-refractivity contribution in [3.8, 4) is 0 Å². The summed E-state index contributed by atoms with van der Waals surface area (Å²) in [5, 5.41) is 6.94. The quantitative estimate of drug-likeness (QED) is 0.901. The van der Waals surface area contributed by atoms with Gasteiger partial charge in [0.2, 0.25) is 5.95 Å². The molecule has 4 heterocycles. The molecule has 2 atom stereocenters. The van der Waals surface area contributed by atoms with E-state index in [1.54, 1.807) is 0 Å². The highest BCUT2D eigenvalue weighted by molar-refractivity contribution is 5.86. The molecule has 2 unspecified atom stereocenters. The van der Waals surface area contributed by atoms with Gasteiger partial charge in [-0.1, -0.05) is 6.07 Å². The van der Waals surface area contributed by atoms with Crippen molar-refractivity contribution in [3.05, 3.63) is 41.6 Å². The third kappa shape index (κ3) is 2.98. The molecule has 0 saturated carbocycles. The summed E-state index contributed by atoms with van der Waals surface area (Å²) in [7, 11) is 0. The predicted molar refractivity (Wildman–Crippen MR) is 99.7 cm³/mol. The summed E-state index contributed by atoms with van der Waals surface area (Å²) in [6, 6.07) is 8.28. The smallest absolute Gasteiger partial charge is 0.227 e. The lowest BCUT2D eigenvalue weighted by Gasteiger charge is -2.41. The topological polar surface area (TPSA) is 65.4 Å². The van der Waals surface area contributed by atoms with Gasteiger partial charge in [0.25, 0.3) is 0 Å². The van der Waals surface area contributed by atoms with Crippen molar-refractivity contribution in [2.45, 2.75) is 13.0 Å². The SMILES string of the molecule is C1=NCc2ccc(Nc3ccnc(N4CC5CNCC(C5)C4)n3)cc21. The van der Waals surface area contributed by atoms with Gasteiger partial charge in [0, 0.05) is 31.2 Å². The predicted octanol–water partition coefficient (Wildman–Crippen LogP) is 2.20. The summed E-state index contributed by atoms with van der Waals surface area (Å²) in [5.74, 6) is 3.10. The number of fused-ring (bicyclic) bond motifs is 3. The lowest BCUT2D eigenvalue weighted by Crippen LogP contribution is -2.51. The van der Waals surface area contributed by atoms with Crippen LogP contribution in [0.3, 0.4) is 0 Å². The van der Waals surface area contributed by atoms with Gasteiger partial charge in [-0.25, -0.2) is 4.98 Å². The molecule has 0 amide bonds. The fraction of sp³-hybridized carbons (Fsp3) is 0.421. The van der Waals surface area contributed by atoms with Crippen LogP contribution in [0.15, 0.2) is 35.5 Å². The molecule has 6 heteroatoms. The number of nitrogens with zero attached hydrogens (tertiary/aromatic N) is 4. The van der Waals surface area contributed by atoms with E-state index in [9.17, 15) is 0 Å². The number of nitrogens with one attached hydrogen (secondary N) is 2. The first kappa shape index (κ1) is 14.8. The van der Waals surface area contributed by atoms with Crippen LogP contribution in [-0.2, 0) is 6.54 Å². The Hall–Kier alpha value is -2.47. The molecule has 2 saturated heterocycles. The van der Waals surface area contributed by atoms with E-state index in [1.807, 2.05) is 18.5 Å². The molecule has 1 aromatic heterocycles. The number of rotatable bonds is 3. The van der Waals surface area contributed by atoms with Crippen molar-refractivity contribution < 1.29 is 0 Å². The van der Waals surface area contributed by atoms with Crippen LogP contribution in [0.4, 0.5) is 17.5 Å². The fourth-order valence-corrected chi connectivity index (χ4v) is 4.17. The second-order valence-electron chi connectivity index (χ2n) is 7.28. The molecule has 25 heavy (non-hydrogen) atoms. The van der Waals surface area contributed by atoms with E-state index < -0.39 is 0 Å². The van der Waals surface area contributed by atoms with Gasteiger partial charge in [0.1, 0.15) is 5.82 Å². The minimum absolute atomic E-state index is 0.712. The molecule has 128 valence electrons. The number of anilines is 3. The summed E-state index contributed by atoms with van der Waals surface area (Å²) >= 11 is 0. The van der Waals surface area contributed by atoms with Gasteiger partial charge in [-0.15, -0.1) is 0 Å². The lowest BCUT2D eigenvalue weighted by molar-refractivity contribution is 0.248. The molecule has 0 aliphatic carbocycles. The highest BCUT2D eigenvalue weighted by atomic mass is 15.3. The maximum Gasteiger partial charge on any atom is 0.227 e. The van der Waals surface area contributed by atoms with Crippen molar-refractivity contribution in [1.29, 1.82) is 0 Å². The molecular formula is C19H22N6. The van der Waals surface area contributed by atoms with Gasteiger partial charge in [-0.2, -0.15) is 4.98 Å². The molecule has 6 nitrogen and oxygen atoms in total. The van der Waals surface area contributed by atoms with Crippen molar-refractivity contribution in [3.63, 3.8) is 0 Å². The number of aromatic nitrogens is 2. The maximum atomic E-state index is 4.76. The Morgan fingerprint density at radius 3 is 2.88 bits per heavy atom. The summed E-state index contributed by atoms with van der Waals surface area (Å²) in [4.78, 5) is 15.9. The number of benzene rings is 1. The molecule has 3 aliphatic rings. The third-order valence-electron chi connectivity index (χ3n) is 5.33. The van der Waals surface area contributed by atoms with Crippen LogP contribution in [0.25, 0.3) is 0 Å². The molecule has 0 radical (unpaired) electrons. The highest BCUT2D eigenvalue weighted by Gasteiger charge is 2.31. The minimum atomic E-state index is 0.712. The molecule has 0 spiro atoms. The Morgan fingerprint density at radius 2 is 2.00 bits per heavy atom. The van der Waals surface area contributed by atoms with Gasteiger partial charge in [0.15, 0.2) is 0 Å². The molecular weight excluding hydrogens is 312 g/mol. The largest absolute Gasteiger partial charge is 0.340 e. The zero-order chi connectivity index (χ0) is 16.6. The molecule has 2 bridgehead atoms. The number of piperidine rings is 2. The van der Waals surface area contributed by atoms with Crippen LogP contribution in [0.2, 0.25) is 0 Å². The van der Waals surface area contributed by atoms with E-state index in [0.717, 1.165) is 50.2 Å². The first-order valence-electron chi connectivity index (χ1n) is 9.02. The Bertz CT molecular complexity index is 805. The van der Waals surface area contributed by atoms with Crippen LogP contribution < -0.4 is 15.5 Å². The maximum absolute atomic E-state index is 4.76. The van der Waals surface area contributed by atoms with Crippen LogP contribution in [0, 0.1) is 11.8 Å². The van der Waals surface area contributed by atoms with Crippen molar-refractivity contribution in [2.24, 2.45) is 16.8 Å². The molecule has 1 aromatic carbocycles. The van der Waals surface area contributed by atoms with E-state index in [-0.39, 0.29) is 0 Å². The van der Waals surface area contributed by atoms with E-state index in [0.29, 0.717) is 11.8 Å². The first-order valence-corrected chi connectivity index (χ1v) is 9.02. The lowest BCUT2D eigenvalue weighted by atomic mass is 9.86. The molecule has 2 N–H and O–H groups in total. The average molecular weight is 334 g/mol. The Labute approximate surface area is 147 Å². The third-order valence-corrected chi connectivity index (χ3v) is 5.33. The van der Waals surface area contributed by atoms with Gasteiger partial charge >= 0.3 is 0 Å². The summed E-state index contributed by atoms with van der Waals surface area (Å²) in [5.41, 5.74) is 3.51. The van der Waals surface area contributed by atoms with E-state index in [2.05, 4.69) is 43.7 Å². The van der Waals surface area contributed by atoms with E-state index in [1.165, 1.54) is 17.5 Å².